The molecule has 100 valence electrons. The van der Waals surface area contributed by atoms with E-state index in [0.29, 0.717) is 23.7 Å². The molecule has 0 fully saturated rings. The second-order valence-electron chi connectivity index (χ2n) is 5.41. The third-order valence-corrected chi connectivity index (χ3v) is 2.81. The van der Waals surface area contributed by atoms with Crippen LogP contribution in [0.25, 0.3) is 0 Å². The topological polar surface area (TPSA) is 41.1 Å². The Bertz CT molecular complexity index is 404. The maximum atomic E-state index is 11.8. The van der Waals surface area contributed by atoms with Crippen molar-refractivity contribution in [2.75, 3.05) is 11.9 Å². The predicted octanol–water partition coefficient (Wildman–Crippen LogP) is 3.37. The Balaban J connectivity index is 2.50. The fourth-order valence-electron chi connectivity index (χ4n) is 1.54. The average Bonchev–Trinajstić information content (AvgIpc) is 2.22. The zero-order valence-electron chi connectivity index (χ0n) is 11.4. The van der Waals surface area contributed by atoms with Crippen molar-refractivity contribution in [3.8, 4) is 0 Å². The molecule has 4 heteroatoms. The van der Waals surface area contributed by atoms with Gasteiger partial charge in [0, 0.05) is 18.5 Å². The Morgan fingerprint density at radius 1 is 1.33 bits per heavy atom. The minimum Gasteiger partial charge on any atom is -0.325 e. The minimum absolute atomic E-state index is 0.0250. The number of halogens is 1. The van der Waals surface area contributed by atoms with Crippen LogP contribution in [0.4, 0.5) is 5.69 Å². The van der Waals surface area contributed by atoms with E-state index >= 15 is 0 Å². The molecule has 1 aromatic rings. The largest absolute Gasteiger partial charge is 0.325 e. The van der Waals surface area contributed by atoms with Crippen LogP contribution in [0.5, 0.6) is 0 Å². The van der Waals surface area contributed by atoms with E-state index in [2.05, 4.69) is 31.4 Å². The lowest BCUT2D eigenvalue weighted by Gasteiger charge is -2.20. The molecular formula is C14H21ClN2O. The van der Waals surface area contributed by atoms with Crippen LogP contribution >= 0.6 is 11.6 Å². The number of carbonyl (C=O) groups excluding carboxylic acids is 1. The molecule has 0 spiro atoms. The van der Waals surface area contributed by atoms with Crippen molar-refractivity contribution in [1.82, 2.24) is 5.32 Å². The van der Waals surface area contributed by atoms with E-state index in [4.69, 9.17) is 11.6 Å². The highest BCUT2D eigenvalue weighted by Gasteiger charge is 2.11. The summed E-state index contributed by atoms with van der Waals surface area (Å²) in [5, 5.41) is 6.70. The summed E-state index contributed by atoms with van der Waals surface area (Å²) in [7, 11) is 0. The fraction of sp³-hybridized carbons (Fsp3) is 0.500. The van der Waals surface area contributed by atoms with Crippen molar-refractivity contribution in [1.29, 1.82) is 0 Å². The Labute approximate surface area is 114 Å². The molecule has 0 aliphatic heterocycles. The highest BCUT2D eigenvalue weighted by molar-refractivity contribution is 6.33. The first-order valence-electron chi connectivity index (χ1n) is 6.09. The van der Waals surface area contributed by atoms with Gasteiger partial charge >= 0.3 is 0 Å². The number of anilines is 1. The predicted molar refractivity (Wildman–Crippen MR) is 77.2 cm³/mol. The maximum absolute atomic E-state index is 11.8. The summed E-state index contributed by atoms with van der Waals surface area (Å²) in [5.74, 6) is -0.0250. The second kappa shape index (κ2) is 6.21. The molecule has 0 aliphatic carbocycles. The molecule has 0 heterocycles. The van der Waals surface area contributed by atoms with Gasteiger partial charge in [-0.3, -0.25) is 4.79 Å². The fourth-order valence-corrected chi connectivity index (χ4v) is 1.81. The Hall–Kier alpha value is -1.06. The van der Waals surface area contributed by atoms with E-state index < -0.39 is 0 Å². The molecule has 0 unspecified atom stereocenters. The molecule has 0 bridgehead atoms. The standard InChI is InChI=1S/C14H21ClN2O/c1-10-6-5-7-11(15)13(10)17-12(18)8-9-16-14(2,3)4/h5-7,16H,8-9H2,1-4H3,(H,17,18). The van der Waals surface area contributed by atoms with E-state index in [1.54, 1.807) is 6.07 Å². The molecule has 0 saturated heterocycles. The van der Waals surface area contributed by atoms with Gasteiger partial charge in [-0.2, -0.15) is 0 Å². The lowest BCUT2D eigenvalue weighted by atomic mass is 10.1. The van der Waals surface area contributed by atoms with Gasteiger partial charge in [-0.25, -0.2) is 0 Å². The molecule has 1 aromatic carbocycles. The van der Waals surface area contributed by atoms with Crippen molar-refractivity contribution in [2.24, 2.45) is 0 Å². The minimum atomic E-state index is -0.0250. The summed E-state index contributed by atoms with van der Waals surface area (Å²) in [6, 6.07) is 5.57. The molecule has 0 aliphatic rings. The normalized spacial score (nSPS) is 11.4. The third kappa shape index (κ3) is 5.07. The van der Waals surface area contributed by atoms with Gasteiger partial charge in [0.05, 0.1) is 10.7 Å². The molecule has 18 heavy (non-hydrogen) atoms. The third-order valence-electron chi connectivity index (χ3n) is 2.49. The van der Waals surface area contributed by atoms with Crippen LogP contribution in [0.3, 0.4) is 0 Å². The lowest BCUT2D eigenvalue weighted by molar-refractivity contribution is -0.116. The molecule has 1 rings (SSSR count). The monoisotopic (exact) mass is 268 g/mol. The number of aryl methyl sites for hydroxylation is 1. The quantitative estimate of drug-likeness (QED) is 0.879. The summed E-state index contributed by atoms with van der Waals surface area (Å²) in [6.45, 7) is 8.79. The van der Waals surface area contributed by atoms with Gasteiger partial charge in [0.15, 0.2) is 0 Å². The second-order valence-corrected chi connectivity index (χ2v) is 5.81. The van der Waals surface area contributed by atoms with Crippen LogP contribution in [-0.4, -0.2) is 18.0 Å². The molecule has 0 aromatic heterocycles. The van der Waals surface area contributed by atoms with E-state index in [0.717, 1.165) is 5.56 Å². The van der Waals surface area contributed by atoms with E-state index in [-0.39, 0.29) is 11.4 Å². The number of amides is 1. The Kier molecular flexibility index (Phi) is 5.17. The zero-order chi connectivity index (χ0) is 13.8. The van der Waals surface area contributed by atoms with Crippen molar-refractivity contribution in [3.63, 3.8) is 0 Å². The molecule has 1 amide bonds. The zero-order valence-corrected chi connectivity index (χ0v) is 12.2. The van der Waals surface area contributed by atoms with Gasteiger partial charge in [-0.05, 0) is 39.3 Å². The van der Waals surface area contributed by atoms with Crippen LogP contribution < -0.4 is 10.6 Å². The Morgan fingerprint density at radius 3 is 2.56 bits per heavy atom. The summed E-state index contributed by atoms with van der Waals surface area (Å²) in [6.07, 6.45) is 0.432. The first-order valence-corrected chi connectivity index (χ1v) is 6.47. The van der Waals surface area contributed by atoms with Gasteiger partial charge in [0.2, 0.25) is 5.91 Å². The number of nitrogens with one attached hydrogen (secondary N) is 2. The molecular weight excluding hydrogens is 248 g/mol. The number of carbonyl (C=O) groups is 1. The number of benzene rings is 1. The van der Waals surface area contributed by atoms with Crippen LogP contribution in [-0.2, 0) is 4.79 Å². The van der Waals surface area contributed by atoms with Gasteiger partial charge in [-0.1, -0.05) is 23.7 Å². The number of para-hydroxylation sites is 1. The first kappa shape index (κ1) is 15.0. The van der Waals surface area contributed by atoms with E-state index in [1.165, 1.54) is 0 Å². The number of hydrogen-bond donors (Lipinski definition) is 2. The number of rotatable bonds is 4. The average molecular weight is 269 g/mol. The van der Waals surface area contributed by atoms with Crippen LogP contribution in [0.1, 0.15) is 32.8 Å². The van der Waals surface area contributed by atoms with Crippen LogP contribution in [0.2, 0.25) is 5.02 Å². The van der Waals surface area contributed by atoms with E-state index in [1.807, 2.05) is 19.1 Å². The maximum Gasteiger partial charge on any atom is 0.225 e. The summed E-state index contributed by atoms with van der Waals surface area (Å²) >= 11 is 6.05. The molecule has 2 N–H and O–H groups in total. The lowest BCUT2D eigenvalue weighted by Crippen LogP contribution is -2.37. The molecule has 3 nitrogen and oxygen atoms in total. The van der Waals surface area contributed by atoms with Crippen LogP contribution in [0.15, 0.2) is 18.2 Å². The van der Waals surface area contributed by atoms with Crippen molar-refractivity contribution < 1.29 is 4.79 Å². The SMILES string of the molecule is Cc1cccc(Cl)c1NC(=O)CCNC(C)(C)C. The number of hydrogen-bond acceptors (Lipinski definition) is 2. The van der Waals surface area contributed by atoms with Crippen molar-refractivity contribution >= 4 is 23.2 Å². The van der Waals surface area contributed by atoms with Crippen molar-refractivity contribution in [2.45, 2.75) is 39.7 Å². The highest BCUT2D eigenvalue weighted by atomic mass is 35.5. The van der Waals surface area contributed by atoms with Crippen LogP contribution in [0, 0.1) is 6.92 Å². The summed E-state index contributed by atoms with van der Waals surface area (Å²) in [5.41, 5.74) is 1.71. The summed E-state index contributed by atoms with van der Waals surface area (Å²) < 4.78 is 0. The molecule has 0 radical (unpaired) electrons. The first-order chi connectivity index (χ1) is 8.29. The van der Waals surface area contributed by atoms with Gasteiger partial charge in [0.25, 0.3) is 0 Å². The Morgan fingerprint density at radius 2 is 2.00 bits per heavy atom. The van der Waals surface area contributed by atoms with Crippen molar-refractivity contribution in [3.05, 3.63) is 28.8 Å². The molecule has 0 saturated carbocycles. The van der Waals surface area contributed by atoms with Gasteiger partial charge in [0.1, 0.15) is 0 Å². The van der Waals surface area contributed by atoms with Gasteiger partial charge in [-0.15, -0.1) is 0 Å². The molecule has 0 atom stereocenters. The van der Waals surface area contributed by atoms with E-state index in [9.17, 15) is 4.79 Å². The van der Waals surface area contributed by atoms with Gasteiger partial charge < -0.3 is 10.6 Å². The smallest absolute Gasteiger partial charge is 0.225 e. The summed E-state index contributed by atoms with van der Waals surface area (Å²) in [4.78, 5) is 11.8. The highest BCUT2D eigenvalue weighted by Crippen LogP contribution is 2.25.